The van der Waals surface area contributed by atoms with Crippen molar-refractivity contribution in [2.24, 2.45) is 0 Å². The second-order valence-corrected chi connectivity index (χ2v) is 8.40. The van der Waals surface area contributed by atoms with E-state index in [1.54, 1.807) is 24.3 Å². The molecule has 36 heavy (non-hydrogen) atoms. The van der Waals surface area contributed by atoms with Crippen molar-refractivity contribution in [1.29, 1.82) is 0 Å². The molecule has 1 aliphatic rings. The summed E-state index contributed by atoms with van der Waals surface area (Å²) in [6.45, 7) is 3.61. The second kappa shape index (κ2) is 11.5. The number of carboxylic acids is 1. The van der Waals surface area contributed by atoms with Crippen LogP contribution in [0.15, 0.2) is 54.6 Å². The maximum Gasteiger partial charge on any atom is 0.326 e. The summed E-state index contributed by atoms with van der Waals surface area (Å²) in [5.41, 5.74) is 3.25. The van der Waals surface area contributed by atoms with Gasteiger partial charge in [-0.15, -0.1) is 0 Å². The normalized spacial score (nSPS) is 13.1. The van der Waals surface area contributed by atoms with E-state index < -0.39 is 23.7 Å². The van der Waals surface area contributed by atoms with E-state index in [1.807, 2.05) is 19.1 Å². The van der Waals surface area contributed by atoms with Crippen LogP contribution in [0.3, 0.4) is 0 Å². The van der Waals surface area contributed by atoms with Crippen LogP contribution in [0.1, 0.15) is 34.1 Å². The smallest absolute Gasteiger partial charge is 0.326 e. The van der Waals surface area contributed by atoms with Crippen LogP contribution in [0, 0.1) is 5.82 Å². The van der Waals surface area contributed by atoms with Gasteiger partial charge in [0, 0.05) is 30.6 Å². The molecule has 0 saturated heterocycles. The average molecular weight is 494 g/mol. The van der Waals surface area contributed by atoms with Gasteiger partial charge in [0.1, 0.15) is 24.2 Å². The molecule has 1 amide bonds. The number of pyridine rings is 1. The fourth-order valence-electron chi connectivity index (χ4n) is 3.93. The van der Waals surface area contributed by atoms with Crippen LogP contribution in [0.4, 0.5) is 10.1 Å². The zero-order chi connectivity index (χ0) is 25.5. The Morgan fingerprint density at radius 3 is 2.75 bits per heavy atom. The fourth-order valence-corrected chi connectivity index (χ4v) is 3.93. The van der Waals surface area contributed by atoms with Crippen molar-refractivity contribution in [2.45, 2.75) is 32.2 Å². The van der Waals surface area contributed by atoms with Crippen LogP contribution in [0.25, 0.3) is 0 Å². The number of aryl methyl sites for hydroxylation is 1. The largest absolute Gasteiger partial charge is 0.493 e. The number of hydrogen-bond donors (Lipinski definition) is 3. The predicted octanol–water partition coefficient (Wildman–Crippen LogP) is 3.63. The van der Waals surface area contributed by atoms with Gasteiger partial charge >= 0.3 is 5.97 Å². The van der Waals surface area contributed by atoms with Crippen LogP contribution in [-0.4, -0.2) is 47.8 Å². The molecule has 1 aromatic heterocycles. The number of fused-ring (bicyclic) bond motifs is 1. The number of amides is 1. The van der Waals surface area contributed by atoms with Gasteiger partial charge in [0.15, 0.2) is 0 Å². The highest BCUT2D eigenvalue weighted by molar-refractivity contribution is 5.98. The molecule has 1 aliphatic heterocycles. The monoisotopic (exact) mass is 493 g/mol. The summed E-state index contributed by atoms with van der Waals surface area (Å²) in [6.07, 6.45) is 1.20. The molecule has 0 fully saturated rings. The van der Waals surface area contributed by atoms with Crippen LogP contribution < -0.4 is 20.1 Å². The first-order valence-corrected chi connectivity index (χ1v) is 11.8. The molecular weight excluding hydrogens is 465 g/mol. The maximum atomic E-state index is 13.7. The van der Waals surface area contributed by atoms with E-state index in [0.29, 0.717) is 48.8 Å². The summed E-state index contributed by atoms with van der Waals surface area (Å²) in [5, 5.41) is 15.4. The molecule has 0 unspecified atom stereocenters. The summed E-state index contributed by atoms with van der Waals surface area (Å²) in [6, 6.07) is 13.7. The molecule has 2 heterocycles. The fraction of sp³-hybridized carbons (Fsp3) is 0.296. The molecule has 2 aromatic carbocycles. The number of rotatable bonds is 10. The predicted molar refractivity (Wildman–Crippen MR) is 132 cm³/mol. The lowest BCUT2D eigenvalue weighted by Gasteiger charge is -2.18. The van der Waals surface area contributed by atoms with E-state index in [-0.39, 0.29) is 12.0 Å². The molecule has 8 nitrogen and oxygen atoms in total. The highest BCUT2D eigenvalue weighted by Crippen LogP contribution is 2.25. The number of anilines is 1. The third-order valence-electron chi connectivity index (χ3n) is 5.87. The van der Waals surface area contributed by atoms with Crippen LogP contribution >= 0.6 is 0 Å². The maximum absolute atomic E-state index is 13.7. The summed E-state index contributed by atoms with van der Waals surface area (Å²) in [7, 11) is 0. The minimum Gasteiger partial charge on any atom is -0.493 e. The van der Waals surface area contributed by atoms with E-state index in [9.17, 15) is 19.1 Å². The number of carboxylic acid groups (broad SMARTS) is 1. The minimum absolute atomic E-state index is 0.0746. The molecule has 3 N–H and O–H groups in total. The third-order valence-corrected chi connectivity index (χ3v) is 5.87. The Bertz CT molecular complexity index is 1230. The van der Waals surface area contributed by atoms with E-state index in [4.69, 9.17) is 9.47 Å². The zero-order valence-electron chi connectivity index (χ0n) is 19.9. The summed E-state index contributed by atoms with van der Waals surface area (Å²) < 4.78 is 25.0. The highest BCUT2D eigenvalue weighted by atomic mass is 19.1. The van der Waals surface area contributed by atoms with Crippen molar-refractivity contribution >= 4 is 17.6 Å². The average Bonchev–Trinajstić information content (AvgIpc) is 2.89. The van der Waals surface area contributed by atoms with Gasteiger partial charge in [-0.1, -0.05) is 25.1 Å². The van der Waals surface area contributed by atoms with Crippen molar-refractivity contribution in [3.05, 3.63) is 82.8 Å². The summed E-state index contributed by atoms with van der Waals surface area (Å²) >= 11 is 0. The Kier molecular flexibility index (Phi) is 7.99. The van der Waals surface area contributed by atoms with E-state index in [0.717, 1.165) is 24.0 Å². The van der Waals surface area contributed by atoms with E-state index >= 15 is 0 Å². The number of nitrogens with one attached hydrogen (secondary N) is 2. The number of carbonyl (C=O) groups is 2. The van der Waals surface area contributed by atoms with Gasteiger partial charge in [0.05, 0.1) is 12.3 Å². The number of aromatic nitrogens is 1. The highest BCUT2D eigenvalue weighted by Gasteiger charge is 2.23. The molecule has 4 rings (SSSR count). The molecular formula is C27H28FN3O5. The van der Waals surface area contributed by atoms with E-state index in [2.05, 4.69) is 15.6 Å². The Morgan fingerprint density at radius 1 is 1.19 bits per heavy atom. The zero-order valence-corrected chi connectivity index (χ0v) is 19.9. The molecule has 0 aliphatic carbocycles. The second-order valence-electron chi connectivity index (χ2n) is 8.40. The lowest BCUT2D eigenvalue weighted by atomic mass is 10.0. The molecule has 1 atom stereocenters. The Morgan fingerprint density at radius 2 is 2.00 bits per heavy atom. The van der Waals surface area contributed by atoms with Gasteiger partial charge in [-0.2, -0.15) is 0 Å². The molecule has 188 valence electrons. The Balaban J connectivity index is 1.32. The topological polar surface area (TPSA) is 110 Å². The number of aliphatic carboxylic acids is 1. The third kappa shape index (κ3) is 6.29. The lowest BCUT2D eigenvalue weighted by Crippen LogP contribution is -2.42. The minimum atomic E-state index is -1.17. The van der Waals surface area contributed by atoms with E-state index in [1.165, 1.54) is 12.1 Å². The summed E-state index contributed by atoms with van der Waals surface area (Å²) in [4.78, 5) is 29.0. The number of benzene rings is 2. The first-order chi connectivity index (χ1) is 17.4. The summed E-state index contributed by atoms with van der Waals surface area (Å²) in [5.74, 6) is -1.09. The molecule has 0 radical (unpaired) electrons. The van der Waals surface area contributed by atoms with Crippen LogP contribution in [0.2, 0.25) is 0 Å². The first kappa shape index (κ1) is 25.0. The number of nitrogens with zero attached hydrogens (tertiary/aromatic N) is 1. The van der Waals surface area contributed by atoms with Crippen LogP contribution in [0.5, 0.6) is 11.6 Å². The van der Waals surface area contributed by atoms with Gasteiger partial charge in [-0.05, 0) is 53.9 Å². The SMILES string of the molecule is CCc1ccc(F)cc1C(=O)N[C@@H](Cc1ccc(OCCc2ccc3c(n2)OCCN3)cc1)C(=O)O. The van der Waals surface area contributed by atoms with Gasteiger partial charge in [0.25, 0.3) is 5.91 Å². The number of ether oxygens (including phenoxy) is 2. The van der Waals surface area contributed by atoms with Crippen molar-refractivity contribution in [2.75, 3.05) is 25.1 Å². The molecule has 3 aromatic rings. The van der Waals surface area contributed by atoms with Crippen LogP contribution in [-0.2, 0) is 24.1 Å². The molecule has 0 spiro atoms. The Labute approximate surface area is 208 Å². The van der Waals surface area contributed by atoms with Crippen molar-refractivity contribution < 1.29 is 28.6 Å². The first-order valence-electron chi connectivity index (χ1n) is 11.8. The van der Waals surface area contributed by atoms with Gasteiger partial charge < -0.3 is 25.2 Å². The molecule has 0 bridgehead atoms. The number of carbonyl (C=O) groups excluding carboxylic acids is 1. The van der Waals surface area contributed by atoms with Crippen molar-refractivity contribution in [3.63, 3.8) is 0 Å². The van der Waals surface area contributed by atoms with Crippen molar-refractivity contribution in [3.8, 4) is 11.6 Å². The van der Waals surface area contributed by atoms with Gasteiger partial charge in [0.2, 0.25) is 5.88 Å². The number of hydrogen-bond acceptors (Lipinski definition) is 6. The number of halogens is 1. The lowest BCUT2D eigenvalue weighted by molar-refractivity contribution is -0.139. The van der Waals surface area contributed by atoms with Gasteiger partial charge in [-0.3, -0.25) is 4.79 Å². The molecule has 9 heteroatoms. The standard InChI is InChI=1S/C27H28FN3O5/c1-2-18-5-6-19(28)16-22(18)25(32)31-24(27(33)34)15-17-3-8-21(9-4-17)35-13-11-20-7-10-23-26(30-20)36-14-12-29-23/h3-10,16,24,29H,2,11-15H2,1H3,(H,31,32)(H,33,34)/t24-/m0/s1. The van der Waals surface area contributed by atoms with Crippen molar-refractivity contribution in [1.82, 2.24) is 10.3 Å². The molecule has 0 saturated carbocycles. The Hall–Kier alpha value is -4.14. The quantitative estimate of drug-likeness (QED) is 0.396. The van der Waals surface area contributed by atoms with Gasteiger partial charge in [-0.25, -0.2) is 14.2 Å².